The molecule has 2 aromatic heterocycles. The molecule has 0 aliphatic heterocycles. The van der Waals surface area contributed by atoms with Crippen LogP contribution in [0.3, 0.4) is 0 Å². The first-order chi connectivity index (χ1) is 10.4. The lowest BCUT2D eigenvalue weighted by atomic mass is 10.2. The maximum atomic E-state index is 12.3. The second-order valence-electron chi connectivity index (χ2n) is 4.76. The van der Waals surface area contributed by atoms with Gasteiger partial charge >= 0.3 is 10.1 Å². The van der Waals surface area contributed by atoms with Crippen LogP contribution in [0, 0.1) is 13.8 Å². The molecule has 0 atom stereocenters. The van der Waals surface area contributed by atoms with Crippen LogP contribution in [0.2, 0.25) is 5.02 Å². The maximum absolute atomic E-state index is 12.3. The number of fused-ring (bicyclic) bond motifs is 1. The van der Waals surface area contributed by atoms with Crippen LogP contribution in [0.4, 0.5) is 0 Å². The van der Waals surface area contributed by atoms with Gasteiger partial charge in [-0.05, 0) is 37.6 Å². The molecule has 2 heterocycles. The normalized spacial score (nSPS) is 11.8. The molecule has 1 aromatic carbocycles. The summed E-state index contributed by atoms with van der Waals surface area (Å²) in [6.07, 6.45) is 1.16. The van der Waals surface area contributed by atoms with Crippen molar-refractivity contribution in [3.63, 3.8) is 0 Å². The van der Waals surface area contributed by atoms with E-state index in [-0.39, 0.29) is 21.4 Å². The minimum Gasteiger partial charge on any atom is -0.377 e. The second-order valence-corrected chi connectivity index (χ2v) is 6.72. The fourth-order valence-corrected chi connectivity index (χ4v) is 3.14. The standard InChI is InChI=1S/C14H11ClN2O4S/c1-8-3-4-13(12(15)5-8)21-22(18,19)10-6-11-9(2)17-20-14(11)16-7-10/h3-7H,1-2H3. The Morgan fingerprint density at radius 3 is 2.73 bits per heavy atom. The van der Waals surface area contributed by atoms with E-state index in [1.807, 2.05) is 6.92 Å². The summed E-state index contributed by atoms with van der Waals surface area (Å²) in [5, 5.41) is 4.47. The van der Waals surface area contributed by atoms with Gasteiger partial charge in [-0.1, -0.05) is 22.8 Å². The number of benzene rings is 1. The van der Waals surface area contributed by atoms with Crippen LogP contribution in [0.5, 0.6) is 5.75 Å². The Bertz CT molecular complexity index is 966. The van der Waals surface area contributed by atoms with Crippen molar-refractivity contribution in [1.29, 1.82) is 0 Å². The van der Waals surface area contributed by atoms with Crippen LogP contribution in [0.1, 0.15) is 11.3 Å². The Kier molecular flexibility index (Phi) is 3.54. The highest BCUT2D eigenvalue weighted by Crippen LogP contribution is 2.29. The van der Waals surface area contributed by atoms with Gasteiger partial charge in [0.1, 0.15) is 4.90 Å². The Balaban J connectivity index is 2.02. The molecule has 0 spiro atoms. The average molecular weight is 339 g/mol. The maximum Gasteiger partial charge on any atom is 0.340 e. The summed E-state index contributed by atoms with van der Waals surface area (Å²) in [6, 6.07) is 6.25. The predicted molar refractivity (Wildman–Crippen MR) is 80.5 cm³/mol. The lowest BCUT2D eigenvalue weighted by Crippen LogP contribution is -2.10. The van der Waals surface area contributed by atoms with Gasteiger partial charge in [-0.15, -0.1) is 0 Å². The van der Waals surface area contributed by atoms with Gasteiger partial charge in [0.25, 0.3) is 5.71 Å². The van der Waals surface area contributed by atoms with Crippen molar-refractivity contribution in [3.8, 4) is 5.75 Å². The highest BCUT2D eigenvalue weighted by Gasteiger charge is 2.21. The number of nitrogens with zero attached hydrogens (tertiary/aromatic N) is 2. The highest BCUT2D eigenvalue weighted by atomic mass is 35.5. The average Bonchev–Trinajstić information content (AvgIpc) is 2.83. The van der Waals surface area contributed by atoms with Gasteiger partial charge in [0, 0.05) is 0 Å². The van der Waals surface area contributed by atoms with Crippen molar-refractivity contribution in [2.75, 3.05) is 0 Å². The first-order valence-electron chi connectivity index (χ1n) is 6.29. The minimum absolute atomic E-state index is 0.0643. The third-order valence-electron chi connectivity index (χ3n) is 3.06. The summed E-state index contributed by atoms with van der Waals surface area (Å²) in [6.45, 7) is 3.54. The van der Waals surface area contributed by atoms with E-state index < -0.39 is 10.1 Å². The molecule has 0 N–H and O–H groups in total. The highest BCUT2D eigenvalue weighted by molar-refractivity contribution is 7.87. The molecule has 3 aromatic rings. The van der Waals surface area contributed by atoms with Crippen molar-refractivity contribution >= 4 is 32.8 Å². The zero-order chi connectivity index (χ0) is 15.9. The van der Waals surface area contributed by atoms with Crippen molar-refractivity contribution in [2.45, 2.75) is 18.7 Å². The van der Waals surface area contributed by atoms with E-state index in [1.54, 1.807) is 19.1 Å². The van der Waals surface area contributed by atoms with Crippen molar-refractivity contribution in [3.05, 3.63) is 46.7 Å². The molecular formula is C14H11ClN2O4S. The quantitative estimate of drug-likeness (QED) is 0.682. The fraction of sp³-hybridized carbons (Fsp3) is 0.143. The van der Waals surface area contributed by atoms with Crippen molar-refractivity contribution in [2.24, 2.45) is 0 Å². The molecule has 0 bridgehead atoms. The van der Waals surface area contributed by atoms with Gasteiger partial charge in [0.2, 0.25) is 0 Å². The van der Waals surface area contributed by atoms with Crippen molar-refractivity contribution < 1.29 is 17.1 Å². The molecule has 114 valence electrons. The molecule has 0 aliphatic rings. The SMILES string of the molecule is Cc1ccc(OS(=O)(=O)c2cnc3onc(C)c3c2)c(Cl)c1. The third-order valence-corrected chi connectivity index (χ3v) is 4.56. The smallest absolute Gasteiger partial charge is 0.340 e. The molecule has 0 unspecified atom stereocenters. The third kappa shape index (κ3) is 2.65. The molecule has 0 radical (unpaired) electrons. The zero-order valence-electron chi connectivity index (χ0n) is 11.7. The van der Waals surface area contributed by atoms with Gasteiger partial charge in [0.05, 0.1) is 22.3 Å². The summed E-state index contributed by atoms with van der Waals surface area (Å²) in [5.74, 6) is 0.0643. The Morgan fingerprint density at radius 2 is 2.00 bits per heavy atom. The number of pyridine rings is 1. The lowest BCUT2D eigenvalue weighted by molar-refractivity contribution is 0.442. The van der Waals surface area contributed by atoms with Gasteiger partial charge in [-0.2, -0.15) is 8.42 Å². The van der Waals surface area contributed by atoms with E-state index in [4.69, 9.17) is 20.3 Å². The number of aryl methyl sites for hydroxylation is 2. The molecule has 0 fully saturated rings. The molecule has 0 saturated carbocycles. The van der Waals surface area contributed by atoms with E-state index in [9.17, 15) is 8.42 Å². The number of rotatable bonds is 3. The Morgan fingerprint density at radius 1 is 1.23 bits per heavy atom. The fourth-order valence-electron chi connectivity index (χ4n) is 1.90. The first-order valence-corrected chi connectivity index (χ1v) is 8.08. The molecule has 6 nitrogen and oxygen atoms in total. The second kappa shape index (κ2) is 5.26. The van der Waals surface area contributed by atoms with E-state index in [2.05, 4.69) is 10.1 Å². The molecule has 0 aliphatic carbocycles. The summed E-state index contributed by atoms with van der Waals surface area (Å²) in [7, 11) is -4.05. The van der Waals surface area contributed by atoms with Crippen LogP contribution in [-0.4, -0.2) is 18.6 Å². The summed E-state index contributed by atoms with van der Waals surface area (Å²) < 4.78 is 34.7. The summed E-state index contributed by atoms with van der Waals surface area (Å²) in [5.41, 5.74) is 1.72. The Hall–Kier alpha value is -2.12. The molecule has 22 heavy (non-hydrogen) atoms. The van der Waals surface area contributed by atoms with Crippen LogP contribution in [0.25, 0.3) is 11.1 Å². The Labute approximate surface area is 131 Å². The van der Waals surface area contributed by atoms with Gasteiger partial charge < -0.3 is 8.71 Å². The zero-order valence-corrected chi connectivity index (χ0v) is 13.3. The number of aromatic nitrogens is 2. The van der Waals surface area contributed by atoms with E-state index in [0.717, 1.165) is 11.8 Å². The van der Waals surface area contributed by atoms with Gasteiger partial charge in [-0.25, -0.2) is 4.98 Å². The van der Waals surface area contributed by atoms with Crippen molar-refractivity contribution in [1.82, 2.24) is 10.1 Å². The first kappa shape index (κ1) is 14.8. The number of halogens is 1. The van der Waals surface area contributed by atoms with E-state index >= 15 is 0 Å². The van der Waals surface area contributed by atoms with E-state index in [1.165, 1.54) is 12.1 Å². The monoisotopic (exact) mass is 338 g/mol. The molecule has 8 heteroatoms. The molecule has 0 amide bonds. The number of hydrogen-bond acceptors (Lipinski definition) is 6. The summed E-state index contributed by atoms with van der Waals surface area (Å²) >= 11 is 6.00. The molecule has 0 saturated heterocycles. The largest absolute Gasteiger partial charge is 0.377 e. The predicted octanol–water partition coefficient (Wildman–Crippen LogP) is 3.26. The van der Waals surface area contributed by atoms with Crippen LogP contribution in [-0.2, 0) is 10.1 Å². The van der Waals surface area contributed by atoms with E-state index in [0.29, 0.717) is 11.1 Å². The number of hydrogen-bond donors (Lipinski definition) is 0. The van der Waals surface area contributed by atoms with Crippen LogP contribution >= 0.6 is 11.6 Å². The van der Waals surface area contributed by atoms with Gasteiger partial charge in [-0.3, -0.25) is 0 Å². The van der Waals surface area contributed by atoms with Crippen LogP contribution in [0.15, 0.2) is 39.9 Å². The van der Waals surface area contributed by atoms with Gasteiger partial charge in [0.15, 0.2) is 5.75 Å². The molecular weight excluding hydrogens is 328 g/mol. The lowest BCUT2D eigenvalue weighted by Gasteiger charge is -2.08. The molecule has 3 rings (SSSR count). The summed E-state index contributed by atoms with van der Waals surface area (Å²) in [4.78, 5) is 3.83. The van der Waals surface area contributed by atoms with Crippen LogP contribution < -0.4 is 4.18 Å². The minimum atomic E-state index is -4.05. The topological polar surface area (TPSA) is 82.3 Å².